The monoisotopic (exact) mass is 359 g/mol. The molecule has 0 saturated carbocycles. The summed E-state index contributed by atoms with van der Waals surface area (Å²) in [7, 11) is 0. The van der Waals surface area contributed by atoms with Crippen LogP contribution in [0.1, 0.15) is 33.1 Å². The number of likely N-dealkylation sites (tertiary alicyclic amines) is 1. The van der Waals surface area contributed by atoms with E-state index < -0.39 is 0 Å². The van der Waals surface area contributed by atoms with Crippen LogP contribution < -0.4 is 15.8 Å². The summed E-state index contributed by atoms with van der Waals surface area (Å²) in [4.78, 5) is 18.9. The molecule has 0 radical (unpaired) electrons. The average Bonchev–Trinajstić information content (AvgIpc) is 2.67. The Labute approximate surface area is 155 Å². The minimum absolute atomic E-state index is 0.0880. The maximum Gasteiger partial charge on any atom is 0.242 e. The number of nitrogens with two attached hydrogens (primary N) is 1. The van der Waals surface area contributed by atoms with Crippen LogP contribution in [0.25, 0.3) is 0 Å². The topological polar surface area (TPSA) is 104 Å². The fourth-order valence-corrected chi connectivity index (χ4v) is 3.02. The summed E-state index contributed by atoms with van der Waals surface area (Å²) < 4.78 is 5.50. The second-order valence-corrected chi connectivity index (χ2v) is 6.56. The zero-order valence-corrected chi connectivity index (χ0v) is 15.6. The second-order valence-electron chi connectivity index (χ2n) is 6.56. The van der Waals surface area contributed by atoms with Gasteiger partial charge in [-0.25, -0.2) is 4.98 Å². The maximum absolute atomic E-state index is 12.6. The number of aromatic nitrogens is 1. The van der Waals surface area contributed by atoms with Crippen molar-refractivity contribution in [1.82, 2.24) is 9.88 Å². The third-order valence-electron chi connectivity index (χ3n) is 4.59. The zero-order valence-electron chi connectivity index (χ0n) is 15.6. The molecule has 2 heterocycles. The van der Waals surface area contributed by atoms with Gasteiger partial charge in [0.1, 0.15) is 11.6 Å². The Kier molecular flexibility index (Phi) is 7.59. The van der Waals surface area contributed by atoms with Crippen molar-refractivity contribution in [3.63, 3.8) is 0 Å². The minimum atomic E-state index is -0.275. The van der Waals surface area contributed by atoms with Crippen LogP contribution in [0.3, 0.4) is 0 Å². The predicted octanol–water partition coefficient (Wildman–Crippen LogP) is 2.40. The Morgan fingerprint density at radius 1 is 1.58 bits per heavy atom. The van der Waals surface area contributed by atoms with E-state index in [1.807, 2.05) is 19.9 Å². The fourth-order valence-electron chi connectivity index (χ4n) is 3.02. The summed E-state index contributed by atoms with van der Waals surface area (Å²) in [6.45, 7) is 6.17. The number of allylic oxidation sites excluding steroid dienone is 1. The number of pyridine rings is 1. The summed E-state index contributed by atoms with van der Waals surface area (Å²) in [5.74, 6) is 1.32. The van der Waals surface area contributed by atoms with Crippen LogP contribution in [-0.2, 0) is 4.79 Å². The molecular formula is C19H29N5O2. The lowest BCUT2D eigenvalue weighted by Crippen LogP contribution is -2.47. The van der Waals surface area contributed by atoms with Crippen molar-refractivity contribution < 1.29 is 9.53 Å². The summed E-state index contributed by atoms with van der Waals surface area (Å²) in [6, 6.07) is 3.28. The molecule has 2 atom stereocenters. The number of hydrogen-bond donors (Lipinski definition) is 3. The lowest BCUT2D eigenvalue weighted by Gasteiger charge is -2.36. The molecule has 1 aromatic rings. The molecule has 0 spiro atoms. The Balaban J connectivity index is 1.92. The molecule has 0 bridgehead atoms. The van der Waals surface area contributed by atoms with E-state index in [0.29, 0.717) is 23.9 Å². The standard InChI is InChI=1S/C19H29N5O2/c1-3-11-26-16-6-7-18(22-12-16)23-19(25)14(2)24-10-4-5-15(13-24)17(21)8-9-20/h6-9,12,14-15,20H,3-5,10-11,13,21H2,1-2H3,(H,22,23,25)/b17-8-,20-9?/t14-,15?/m0/s1. The van der Waals surface area contributed by atoms with Gasteiger partial charge in [0.2, 0.25) is 5.91 Å². The van der Waals surface area contributed by atoms with Crippen molar-refractivity contribution in [3.8, 4) is 5.75 Å². The molecule has 26 heavy (non-hydrogen) atoms. The number of piperidine rings is 1. The van der Waals surface area contributed by atoms with Gasteiger partial charge in [-0.1, -0.05) is 6.92 Å². The molecule has 1 unspecified atom stereocenters. The van der Waals surface area contributed by atoms with Crippen LogP contribution in [0.15, 0.2) is 30.1 Å². The lowest BCUT2D eigenvalue weighted by atomic mass is 9.93. The molecule has 1 saturated heterocycles. The lowest BCUT2D eigenvalue weighted by molar-refractivity contribution is -0.121. The fraction of sp³-hybridized carbons (Fsp3) is 0.526. The minimum Gasteiger partial charge on any atom is -0.492 e. The van der Waals surface area contributed by atoms with E-state index in [2.05, 4.69) is 15.2 Å². The van der Waals surface area contributed by atoms with Crippen LogP contribution in [0.2, 0.25) is 0 Å². The van der Waals surface area contributed by atoms with E-state index in [4.69, 9.17) is 15.9 Å². The van der Waals surface area contributed by atoms with E-state index >= 15 is 0 Å². The van der Waals surface area contributed by atoms with E-state index in [-0.39, 0.29) is 17.9 Å². The van der Waals surface area contributed by atoms with Crippen molar-refractivity contribution in [2.45, 2.75) is 39.2 Å². The van der Waals surface area contributed by atoms with Gasteiger partial charge in [0.25, 0.3) is 0 Å². The van der Waals surface area contributed by atoms with Gasteiger partial charge >= 0.3 is 0 Å². The van der Waals surface area contributed by atoms with Crippen molar-refractivity contribution >= 4 is 17.9 Å². The molecular weight excluding hydrogens is 330 g/mol. The number of ether oxygens (including phenoxy) is 1. The Morgan fingerprint density at radius 2 is 2.38 bits per heavy atom. The molecule has 0 aromatic carbocycles. The van der Waals surface area contributed by atoms with E-state index in [0.717, 1.165) is 32.4 Å². The third-order valence-corrected chi connectivity index (χ3v) is 4.59. The molecule has 1 aliphatic heterocycles. The SMILES string of the molecule is CCCOc1ccc(NC(=O)[C@H](C)N2CCCC(/C(N)=C/C=N)C2)nc1. The molecule has 1 aliphatic rings. The molecule has 7 nitrogen and oxygen atoms in total. The number of nitrogens with zero attached hydrogens (tertiary/aromatic N) is 2. The van der Waals surface area contributed by atoms with Crippen LogP contribution in [0, 0.1) is 11.3 Å². The molecule has 0 aliphatic carbocycles. The second kappa shape index (κ2) is 9.91. The maximum atomic E-state index is 12.6. The molecule has 1 amide bonds. The number of anilines is 1. The summed E-state index contributed by atoms with van der Waals surface area (Å²) in [5, 5.41) is 10.0. The van der Waals surface area contributed by atoms with Gasteiger partial charge in [-0.05, 0) is 50.9 Å². The van der Waals surface area contributed by atoms with Crippen molar-refractivity contribution in [2.24, 2.45) is 11.7 Å². The smallest absolute Gasteiger partial charge is 0.242 e. The number of hydrogen-bond acceptors (Lipinski definition) is 6. The van der Waals surface area contributed by atoms with Gasteiger partial charge < -0.3 is 21.2 Å². The third kappa shape index (κ3) is 5.56. The van der Waals surface area contributed by atoms with Crippen LogP contribution >= 0.6 is 0 Å². The summed E-state index contributed by atoms with van der Waals surface area (Å²) >= 11 is 0. The number of amides is 1. The Bertz CT molecular complexity index is 629. The number of rotatable bonds is 8. The average molecular weight is 359 g/mol. The van der Waals surface area contributed by atoms with Gasteiger partial charge in [-0.3, -0.25) is 9.69 Å². The highest BCUT2D eigenvalue weighted by Crippen LogP contribution is 2.23. The van der Waals surface area contributed by atoms with Gasteiger partial charge in [0, 0.05) is 24.4 Å². The highest BCUT2D eigenvalue weighted by Gasteiger charge is 2.28. The highest BCUT2D eigenvalue weighted by molar-refractivity contribution is 5.93. The van der Waals surface area contributed by atoms with Crippen LogP contribution in [0.4, 0.5) is 5.82 Å². The van der Waals surface area contributed by atoms with Crippen molar-refractivity contribution in [2.75, 3.05) is 25.0 Å². The Morgan fingerprint density at radius 3 is 3.04 bits per heavy atom. The predicted molar refractivity (Wildman–Crippen MR) is 103 cm³/mol. The summed E-state index contributed by atoms with van der Waals surface area (Å²) in [6.07, 6.45) is 7.37. The van der Waals surface area contributed by atoms with Crippen LogP contribution in [-0.4, -0.2) is 47.7 Å². The summed E-state index contributed by atoms with van der Waals surface area (Å²) in [5.41, 5.74) is 6.74. The Hall–Kier alpha value is -2.41. The molecule has 1 fully saturated rings. The number of carbonyl (C=O) groups excluding carboxylic acids is 1. The van der Waals surface area contributed by atoms with E-state index in [1.54, 1.807) is 18.3 Å². The normalized spacial score (nSPS) is 19.6. The zero-order chi connectivity index (χ0) is 18.9. The molecule has 142 valence electrons. The van der Waals surface area contributed by atoms with Gasteiger partial charge in [-0.15, -0.1) is 0 Å². The van der Waals surface area contributed by atoms with E-state index in [9.17, 15) is 4.79 Å². The van der Waals surface area contributed by atoms with Gasteiger partial charge in [0.15, 0.2) is 0 Å². The highest BCUT2D eigenvalue weighted by atomic mass is 16.5. The van der Waals surface area contributed by atoms with E-state index in [1.165, 1.54) is 6.21 Å². The van der Waals surface area contributed by atoms with Gasteiger partial charge in [-0.2, -0.15) is 0 Å². The first-order valence-corrected chi connectivity index (χ1v) is 9.15. The van der Waals surface area contributed by atoms with Crippen molar-refractivity contribution in [3.05, 3.63) is 30.1 Å². The number of nitrogens with one attached hydrogen (secondary N) is 2. The quantitative estimate of drug-likeness (QED) is 0.618. The molecule has 2 rings (SSSR count). The number of carbonyl (C=O) groups is 1. The molecule has 1 aromatic heterocycles. The largest absolute Gasteiger partial charge is 0.492 e. The molecule has 4 N–H and O–H groups in total. The first-order valence-electron chi connectivity index (χ1n) is 9.15. The first-order chi connectivity index (χ1) is 12.5. The van der Waals surface area contributed by atoms with Gasteiger partial charge in [0.05, 0.1) is 18.8 Å². The van der Waals surface area contributed by atoms with Crippen molar-refractivity contribution in [1.29, 1.82) is 5.41 Å². The molecule has 7 heteroatoms. The first kappa shape index (κ1) is 19.9. The van der Waals surface area contributed by atoms with Crippen LogP contribution in [0.5, 0.6) is 5.75 Å².